The predicted octanol–water partition coefficient (Wildman–Crippen LogP) is 11.9. The highest BCUT2D eigenvalue weighted by Gasteiger charge is 2.42. The second-order valence-corrected chi connectivity index (χ2v) is 30.4. The summed E-state index contributed by atoms with van der Waals surface area (Å²) < 4.78 is 28.8. The minimum atomic E-state index is -3.24. The van der Waals surface area contributed by atoms with E-state index in [2.05, 4.69) is 26.1 Å². The van der Waals surface area contributed by atoms with Gasteiger partial charge in [-0.25, -0.2) is 43.2 Å². The zero-order chi connectivity index (χ0) is 90.2. The SMILES string of the molecule is Cc1cc(-c2cc(C)c(-c3cc(OC=O)cc(C(=O)O)c3)c(C)c2)cc(C)c1-c1cc(OC=O)cc(C(=O)O)c1.O=COc1cc(C#Cc2cc(OC=O)cc(C(=O)O)c2)cc(C(=O)O)c1.O=COc1cc(C(=O)O)cc(-c2ccc(C(=O)O)cc2)c1.O=COc1ccc([Si](c2ccc(C(=O)O)cc2)(c2ccc(C(=O)O)cc2)c2ccc(C(=O)O)cc2)cc1. The van der Waals surface area contributed by atoms with Gasteiger partial charge < -0.3 is 74.4 Å². The molecule has 0 fully saturated rings. The highest BCUT2D eigenvalue weighted by atomic mass is 28.3. The molecule has 0 aliphatic heterocycles. The van der Waals surface area contributed by atoms with Gasteiger partial charge in [0.1, 0.15) is 34.5 Å². The third-order valence-corrected chi connectivity index (χ3v) is 23.4. The second kappa shape index (κ2) is 41.0. The van der Waals surface area contributed by atoms with E-state index in [9.17, 15) is 97.5 Å². The van der Waals surface area contributed by atoms with E-state index in [0.29, 0.717) is 34.5 Å². The Morgan fingerprint density at radius 3 is 0.694 bits per heavy atom. The van der Waals surface area contributed by atoms with Crippen molar-refractivity contribution in [1.29, 1.82) is 0 Å². The van der Waals surface area contributed by atoms with Gasteiger partial charge in [0.2, 0.25) is 0 Å². The van der Waals surface area contributed by atoms with Crippen LogP contribution in [0.3, 0.4) is 0 Å². The molecule has 12 rings (SSSR count). The van der Waals surface area contributed by atoms with Crippen molar-refractivity contribution in [2.45, 2.75) is 27.7 Å². The van der Waals surface area contributed by atoms with Crippen LogP contribution in [0, 0.1) is 39.5 Å². The summed E-state index contributed by atoms with van der Waals surface area (Å²) in [6.07, 6.45) is 0. The Labute approximate surface area is 702 Å². The van der Waals surface area contributed by atoms with Crippen LogP contribution in [-0.2, 0) is 28.8 Å². The van der Waals surface area contributed by atoms with Gasteiger partial charge in [0.25, 0.3) is 38.8 Å². The number of hydrogen-bond acceptors (Lipinski definition) is 21. The van der Waals surface area contributed by atoms with Crippen LogP contribution >= 0.6 is 0 Å². The fourth-order valence-corrected chi connectivity index (χ4v) is 18.0. The van der Waals surface area contributed by atoms with Crippen molar-refractivity contribution in [2.75, 3.05) is 0 Å². The highest BCUT2D eigenvalue weighted by molar-refractivity contribution is 7.20. The molecule has 0 saturated carbocycles. The average molecular weight is 1690 g/mol. The van der Waals surface area contributed by atoms with E-state index in [1.54, 1.807) is 97.1 Å². The van der Waals surface area contributed by atoms with Crippen molar-refractivity contribution in [3.05, 3.63) is 320 Å². The smallest absolute Gasteiger partial charge is 0.335 e. The molecule has 12 aromatic rings. The number of carbonyl (C=O) groups excluding carboxylic acids is 6. The summed E-state index contributed by atoms with van der Waals surface area (Å²) in [6.45, 7) is 9.07. The van der Waals surface area contributed by atoms with Crippen molar-refractivity contribution in [3.8, 4) is 90.8 Å². The normalized spacial score (nSPS) is 10.3. The topological polar surface area (TPSA) is 494 Å². The van der Waals surface area contributed by atoms with E-state index in [-0.39, 0.29) is 122 Å². The largest absolute Gasteiger partial charge is 0.478 e. The number of benzene rings is 12. The quantitative estimate of drug-likeness (QED) is 0.00910. The first-order valence-corrected chi connectivity index (χ1v) is 38.0. The van der Waals surface area contributed by atoms with E-state index in [1.807, 2.05) is 52.0 Å². The maximum Gasteiger partial charge on any atom is 0.335 e. The van der Waals surface area contributed by atoms with Gasteiger partial charge >= 0.3 is 53.7 Å². The van der Waals surface area contributed by atoms with Crippen molar-refractivity contribution >= 4 is 121 Å². The van der Waals surface area contributed by atoms with E-state index >= 15 is 0 Å². The Kier molecular flexibility index (Phi) is 29.9. The zero-order valence-corrected chi connectivity index (χ0v) is 66.1. The number of aryl methyl sites for hydroxylation is 4. The first kappa shape index (κ1) is 90.4. The number of aromatic carboxylic acids is 9. The molecule has 124 heavy (non-hydrogen) atoms. The molecular weight excluding hydrogens is 1630 g/mol. The molecule has 0 aromatic heterocycles. The number of carboxylic acids is 9. The lowest BCUT2D eigenvalue weighted by atomic mass is 9.87. The maximum absolute atomic E-state index is 11.7. The van der Waals surface area contributed by atoms with Crippen LogP contribution in [0.1, 0.15) is 127 Å². The van der Waals surface area contributed by atoms with Gasteiger partial charge in [-0.3, -0.25) is 28.8 Å². The van der Waals surface area contributed by atoms with E-state index in [1.165, 1.54) is 103 Å². The van der Waals surface area contributed by atoms with Crippen molar-refractivity contribution in [1.82, 2.24) is 0 Å². The van der Waals surface area contributed by atoms with Gasteiger partial charge in [0, 0.05) is 11.1 Å². The Balaban J connectivity index is 0.000000193. The van der Waals surface area contributed by atoms with Crippen molar-refractivity contribution < 1.29 is 146 Å². The minimum Gasteiger partial charge on any atom is -0.478 e. The molecule has 31 heteroatoms. The molecule has 622 valence electrons. The lowest BCUT2D eigenvalue weighted by molar-refractivity contribution is -0.121. The first-order chi connectivity index (χ1) is 59.2. The van der Waals surface area contributed by atoms with Gasteiger partial charge in [-0.15, -0.1) is 0 Å². The molecule has 0 atom stereocenters. The summed E-state index contributed by atoms with van der Waals surface area (Å²) in [5, 5.41) is 86.6. The van der Waals surface area contributed by atoms with E-state index < -0.39 is 61.8 Å². The standard InChI is InChI=1S/C32H26O8.C28H20O8Si.C18H10O8.C15H10O6/c1-17-5-21(6-18(2)29(17)23-9-25(31(35)36)13-27(11-23)39-15-33)22-7-19(3)30(20(4)8-22)24-10-26(32(37)38)14-28(12-24)40-16-34;29-17-36-21-7-15-25(16-8-21)37(22-9-1-18(2-10-22)26(30)31,23-11-3-19(4-12-23)27(32)33)24-13-5-20(6-14-24)28(34)35;19-9-25-15-5-11(3-13(7-15)17(21)22)1-2-12-4-14(18(23)24)8-16(6-12)26-10-20;16-8-21-13-6-11(5-12(7-13)15(19)20)9-1-3-10(4-2-9)14(17)18/h5-16H,1-4H3,(H,35,36)(H,37,38);1-17H,(H,30,31)(H,32,33)(H,34,35);3-10H,(H,21,22)(H,23,24);1-8H,(H,17,18)(H,19,20). The third-order valence-electron chi connectivity index (χ3n) is 18.6. The molecule has 0 aliphatic carbocycles. The molecule has 0 bridgehead atoms. The number of carboxylic acid groups (broad SMARTS) is 9. The molecule has 0 spiro atoms. The summed E-state index contributed by atoms with van der Waals surface area (Å²) in [4.78, 5) is 166. The van der Waals surface area contributed by atoms with E-state index in [4.69, 9.17) is 34.6 Å². The predicted molar refractivity (Wildman–Crippen MR) is 445 cm³/mol. The summed E-state index contributed by atoms with van der Waals surface area (Å²) in [6, 6.07) is 60.8. The molecule has 30 nitrogen and oxygen atoms in total. The lowest BCUT2D eigenvalue weighted by Crippen LogP contribution is -2.74. The van der Waals surface area contributed by atoms with Crippen LogP contribution in [0.15, 0.2) is 237 Å². The van der Waals surface area contributed by atoms with Gasteiger partial charge in [-0.2, -0.15) is 0 Å². The molecule has 0 saturated heterocycles. The number of ether oxygens (including phenoxy) is 6. The van der Waals surface area contributed by atoms with Crippen LogP contribution in [0.25, 0.3) is 44.5 Å². The molecule has 9 N–H and O–H groups in total. The Morgan fingerprint density at radius 1 is 0.226 bits per heavy atom. The molecule has 0 amide bonds. The van der Waals surface area contributed by atoms with Gasteiger partial charge in [0.05, 0.1) is 50.1 Å². The molecule has 0 radical (unpaired) electrons. The fraction of sp³-hybridized carbons (Fsp3) is 0.0430. The van der Waals surface area contributed by atoms with Crippen LogP contribution in [-0.4, -0.2) is 147 Å². The first-order valence-electron chi connectivity index (χ1n) is 36.0. The fourth-order valence-electron chi connectivity index (χ4n) is 13.4. The second-order valence-electron chi connectivity index (χ2n) is 26.6. The molecule has 0 heterocycles. The number of hydrogen-bond donors (Lipinski definition) is 9. The van der Waals surface area contributed by atoms with Gasteiger partial charge in [-0.1, -0.05) is 96.8 Å². The van der Waals surface area contributed by atoms with Crippen molar-refractivity contribution in [3.63, 3.8) is 0 Å². The number of carbonyl (C=O) groups is 15. The summed E-state index contributed by atoms with van der Waals surface area (Å²) in [5.41, 5.74) is 10.1. The highest BCUT2D eigenvalue weighted by Crippen LogP contribution is 2.39. The third kappa shape index (κ3) is 22.4. The monoisotopic (exact) mass is 1690 g/mol. The Bertz CT molecular complexity index is 5890. The van der Waals surface area contributed by atoms with Crippen LogP contribution < -0.4 is 49.2 Å². The van der Waals surface area contributed by atoms with Crippen LogP contribution in [0.4, 0.5) is 0 Å². The van der Waals surface area contributed by atoms with Gasteiger partial charge in [0.15, 0.2) is 8.07 Å². The summed E-state index contributed by atoms with van der Waals surface area (Å²) >= 11 is 0. The van der Waals surface area contributed by atoms with Crippen LogP contribution in [0.2, 0.25) is 0 Å². The molecule has 0 unspecified atom stereocenters. The lowest BCUT2D eigenvalue weighted by Gasteiger charge is -2.34. The van der Waals surface area contributed by atoms with E-state index in [0.717, 1.165) is 77.4 Å². The minimum absolute atomic E-state index is 0.00605. The average Bonchev–Trinajstić information content (AvgIpc) is 0.732. The molecule has 12 aromatic carbocycles. The van der Waals surface area contributed by atoms with Gasteiger partial charge in [-0.05, 0) is 267 Å². The molecule has 0 aliphatic rings. The Morgan fingerprint density at radius 2 is 0.435 bits per heavy atom. The summed E-state index contributed by atoms with van der Waals surface area (Å²) in [5.74, 6) is -4.19. The Hall–Kier alpha value is -17.5. The summed E-state index contributed by atoms with van der Waals surface area (Å²) in [7, 11) is -3.24. The van der Waals surface area contributed by atoms with Crippen molar-refractivity contribution in [2.24, 2.45) is 0 Å². The maximum atomic E-state index is 11.7. The number of rotatable bonds is 29. The van der Waals surface area contributed by atoms with Crippen LogP contribution in [0.5, 0.6) is 34.5 Å². The zero-order valence-electron chi connectivity index (χ0n) is 65.1. The molecular formula is C93H66O30Si.